The Kier molecular flexibility index (Phi) is 5.78. The Morgan fingerprint density at radius 3 is 2.33 bits per heavy atom. The molecule has 1 aliphatic carbocycles. The van der Waals surface area contributed by atoms with Crippen LogP contribution in [0.15, 0.2) is 0 Å². The fourth-order valence-corrected chi connectivity index (χ4v) is 3.96. The van der Waals surface area contributed by atoms with Crippen LogP contribution in [-0.4, -0.2) is 65.7 Å². The molecule has 0 aromatic rings. The van der Waals surface area contributed by atoms with E-state index in [1.807, 2.05) is 0 Å². The first kappa shape index (κ1) is 19.0. The van der Waals surface area contributed by atoms with Crippen LogP contribution < -0.4 is 0 Å². The predicted octanol–water partition coefficient (Wildman–Crippen LogP) is 2.22. The van der Waals surface area contributed by atoms with Crippen LogP contribution >= 0.6 is 0 Å². The minimum Gasteiger partial charge on any atom is -0.481 e. The Labute approximate surface area is 139 Å². The van der Waals surface area contributed by atoms with Crippen molar-refractivity contribution in [2.45, 2.75) is 44.8 Å². The first-order valence-corrected chi connectivity index (χ1v) is 8.38. The minimum atomic E-state index is -4.56. The summed E-state index contributed by atoms with van der Waals surface area (Å²) in [4.78, 5) is 26.5. The van der Waals surface area contributed by atoms with Crippen LogP contribution in [0.25, 0.3) is 0 Å². The summed E-state index contributed by atoms with van der Waals surface area (Å²) in [7, 11) is 1.70. The van der Waals surface area contributed by atoms with Gasteiger partial charge in [0.2, 0.25) is 5.91 Å². The SMILES string of the molecule is CC1CCCCC1N(C)C(=O)CN1C[C@@H](C(F)(F)F)[C@H](C(=O)O)C1. The Morgan fingerprint density at radius 2 is 1.83 bits per heavy atom. The molecule has 2 fully saturated rings. The molecule has 2 aliphatic rings. The monoisotopic (exact) mass is 350 g/mol. The van der Waals surface area contributed by atoms with Gasteiger partial charge in [-0.25, -0.2) is 0 Å². The molecule has 1 heterocycles. The Bertz CT molecular complexity index is 484. The number of carboxylic acid groups (broad SMARTS) is 1. The molecule has 0 radical (unpaired) electrons. The lowest BCUT2D eigenvalue weighted by molar-refractivity contribution is -0.188. The van der Waals surface area contributed by atoms with Gasteiger partial charge in [0.1, 0.15) is 0 Å². The van der Waals surface area contributed by atoms with Crippen LogP contribution in [0.4, 0.5) is 13.2 Å². The van der Waals surface area contributed by atoms with Gasteiger partial charge in [-0.2, -0.15) is 13.2 Å². The second kappa shape index (κ2) is 7.29. The highest BCUT2D eigenvalue weighted by atomic mass is 19.4. The fourth-order valence-electron chi connectivity index (χ4n) is 3.96. The molecule has 1 N–H and O–H groups in total. The van der Waals surface area contributed by atoms with Gasteiger partial charge in [-0.15, -0.1) is 0 Å². The lowest BCUT2D eigenvalue weighted by Crippen LogP contribution is -2.46. The number of rotatable bonds is 4. The maximum absolute atomic E-state index is 13.0. The summed E-state index contributed by atoms with van der Waals surface area (Å²) in [6.07, 6.45) is -0.423. The molecule has 2 unspecified atom stereocenters. The number of carbonyl (C=O) groups excluding carboxylic acids is 1. The van der Waals surface area contributed by atoms with Gasteiger partial charge in [-0.1, -0.05) is 19.8 Å². The van der Waals surface area contributed by atoms with Gasteiger partial charge in [0.15, 0.2) is 0 Å². The van der Waals surface area contributed by atoms with Gasteiger partial charge in [0.25, 0.3) is 0 Å². The number of hydrogen-bond donors (Lipinski definition) is 1. The lowest BCUT2D eigenvalue weighted by atomic mass is 9.85. The number of carbonyl (C=O) groups is 2. The zero-order valence-electron chi connectivity index (χ0n) is 14.1. The number of halogens is 3. The van der Waals surface area contributed by atoms with E-state index in [1.165, 1.54) is 4.90 Å². The number of carboxylic acids is 1. The Hall–Kier alpha value is -1.31. The molecule has 2 rings (SSSR count). The Balaban J connectivity index is 1.97. The van der Waals surface area contributed by atoms with Crippen LogP contribution in [-0.2, 0) is 9.59 Å². The second-order valence-corrected chi connectivity index (χ2v) is 7.12. The lowest BCUT2D eigenvalue weighted by Gasteiger charge is -2.37. The van der Waals surface area contributed by atoms with E-state index in [1.54, 1.807) is 11.9 Å². The van der Waals surface area contributed by atoms with E-state index in [4.69, 9.17) is 5.11 Å². The van der Waals surface area contributed by atoms with E-state index in [0.717, 1.165) is 25.7 Å². The molecule has 1 amide bonds. The van der Waals surface area contributed by atoms with E-state index in [2.05, 4.69) is 6.92 Å². The highest BCUT2D eigenvalue weighted by Gasteiger charge is 2.52. The zero-order chi connectivity index (χ0) is 18.1. The summed E-state index contributed by atoms with van der Waals surface area (Å²) >= 11 is 0. The van der Waals surface area contributed by atoms with Crippen LogP contribution in [0.1, 0.15) is 32.6 Å². The van der Waals surface area contributed by atoms with Crippen molar-refractivity contribution < 1.29 is 27.9 Å². The molecule has 1 saturated carbocycles. The van der Waals surface area contributed by atoms with Crippen molar-refractivity contribution in [3.05, 3.63) is 0 Å². The van der Waals surface area contributed by atoms with Crippen molar-refractivity contribution in [3.63, 3.8) is 0 Å². The zero-order valence-corrected chi connectivity index (χ0v) is 14.1. The molecule has 24 heavy (non-hydrogen) atoms. The molecule has 138 valence electrons. The average molecular weight is 350 g/mol. The largest absolute Gasteiger partial charge is 0.481 e. The van der Waals surface area contributed by atoms with Gasteiger partial charge in [-0.3, -0.25) is 14.5 Å². The molecule has 0 aromatic carbocycles. The predicted molar refractivity (Wildman–Crippen MR) is 81.3 cm³/mol. The number of aliphatic carboxylic acids is 1. The van der Waals surface area contributed by atoms with Gasteiger partial charge in [0.05, 0.1) is 18.4 Å². The van der Waals surface area contributed by atoms with Crippen LogP contribution in [0.5, 0.6) is 0 Å². The minimum absolute atomic E-state index is 0.113. The molecule has 4 atom stereocenters. The van der Waals surface area contributed by atoms with Gasteiger partial charge in [0, 0.05) is 26.2 Å². The van der Waals surface area contributed by atoms with Crippen LogP contribution in [0, 0.1) is 17.8 Å². The van der Waals surface area contributed by atoms with Crippen LogP contribution in [0.3, 0.4) is 0 Å². The molecular weight excluding hydrogens is 325 g/mol. The smallest absolute Gasteiger partial charge is 0.393 e. The normalized spacial score (nSPS) is 31.9. The summed E-state index contributed by atoms with van der Waals surface area (Å²) in [6.45, 7) is 1.26. The second-order valence-electron chi connectivity index (χ2n) is 7.12. The van der Waals surface area contributed by atoms with Crippen molar-refractivity contribution in [2.75, 3.05) is 26.7 Å². The Morgan fingerprint density at radius 1 is 1.21 bits per heavy atom. The third-order valence-corrected chi connectivity index (χ3v) is 5.45. The molecule has 0 bridgehead atoms. The summed E-state index contributed by atoms with van der Waals surface area (Å²) < 4.78 is 39.0. The molecular formula is C16H25F3N2O3. The third kappa shape index (κ3) is 4.20. The first-order valence-electron chi connectivity index (χ1n) is 8.38. The highest BCUT2D eigenvalue weighted by molar-refractivity contribution is 5.78. The number of nitrogens with zero attached hydrogens (tertiary/aromatic N) is 2. The van der Waals surface area contributed by atoms with E-state index < -0.39 is 30.5 Å². The summed E-state index contributed by atoms with van der Waals surface area (Å²) in [5, 5.41) is 9.02. The van der Waals surface area contributed by atoms with Crippen molar-refractivity contribution in [2.24, 2.45) is 17.8 Å². The molecule has 1 aliphatic heterocycles. The number of likely N-dealkylation sites (tertiary alicyclic amines) is 1. The summed E-state index contributed by atoms with van der Waals surface area (Å²) in [5.41, 5.74) is 0. The maximum Gasteiger partial charge on any atom is 0.393 e. The van der Waals surface area contributed by atoms with E-state index in [-0.39, 0.29) is 25.0 Å². The van der Waals surface area contributed by atoms with Gasteiger partial charge < -0.3 is 10.0 Å². The van der Waals surface area contributed by atoms with E-state index in [9.17, 15) is 22.8 Å². The number of amides is 1. The van der Waals surface area contributed by atoms with E-state index >= 15 is 0 Å². The van der Waals surface area contributed by atoms with Crippen molar-refractivity contribution in [1.82, 2.24) is 9.80 Å². The van der Waals surface area contributed by atoms with Crippen LogP contribution in [0.2, 0.25) is 0 Å². The quantitative estimate of drug-likeness (QED) is 0.845. The van der Waals surface area contributed by atoms with Crippen molar-refractivity contribution in [3.8, 4) is 0 Å². The summed E-state index contributed by atoms with van der Waals surface area (Å²) in [5.74, 6) is -4.73. The topological polar surface area (TPSA) is 60.9 Å². The highest BCUT2D eigenvalue weighted by Crippen LogP contribution is 2.37. The molecule has 5 nitrogen and oxygen atoms in total. The molecule has 1 saturated heterocycles. The van der Waals surface area contributed by atoms with Gasteiger partial charge >= 0.3 is 12.1 Å². The molecule has 8 heteroatoms. The van der Waals surface area contributed by atoms with Crippen molar-refractivity contribution in [1.29, 1.82) is 0 Å². The number of likely N-dealkylation sites (N-methyl/N-ethyl adjacent to an activating group) is 1. The van der Waals surface area contributed by atoms with Crippen molar-refractivity contribution >= 4 is 11.9 Å². The standard InChI is InChI=1S/C16H25F3N2O3/c1-10-5-3-4-6-13(10)20(2)14(22)9-21-7-11(15(23)24)12(8-21)16(17,18)19/h10-13H,3-9H2,1-2H3,(H,23,24)/t10?,11-,12-,13?/m1/s1. The van der Waals surface area contributed by atoms with Gasteiger partial charge in [-0.05, 0) is 18.8 Å². The molecule has 0 spiro atoms. The first-order chi connectivity index (χ1) is 11.1. The number of hydrogen-bond acceptors (Lipinski definition) is 3. The maximum atomic E-state index is 13.0. The summed E-state index contributed by atoms with van der Waals surface area (Å²) in [6, 6.07) is 0.113. The molecule has 0 aromatic heterocycles. The fraction of sp³-hybridized carbons (Fsp3) is 0.875. The van der Waals surface area contributed by atoms with E-state index in [0.29, 0.717) is 5.92 Å². The average Bonchev–Trinajstić information content (AvgIpc) is 2.91. The third-order valence-electron chi connectivity index (χ3n) is 5.45. The number of alkyl halides is 3.